The number of rotatable bonds is 9. The molecule has 9 heterocycles. The van der Waals surface area contributed by atoms with Crippen molar-refractivity contribution in [2.45, 2.75) is 57.9 Å². The second-order valence-electron chi connectivity index (χ2n) is 13.4. The molecule has 3 amide bonds. The molecule has 3 saturated heterocycles. The van der Waals surface area contributed by atoms with Crippen LogP contribution >= 0.6 is 0 Å². The van der Waals surface area contributed by atoms with E-state index in [-0.39, 0.29) is 47.8 Å². The molecule has 69 heavy (non-hydrogen) atoms. The first-order valence-electron chi connectivity index (χ1n) is 40.0. The van der Waals surface area contributed by atoms with Crippen molar-refractivity contribution in [2.75, 3.05) is 94.1 Å². The molecule has 0 bridgehead atoms. The van der Waals surface area contributed by atoms with E-state index in [9.17, 15) is 14.4 Å². The van der Waals surface area contributed by atoms with Gasteiger partial charge in [0.05, 0.1) is 43.9 Å². The molecule has 21 nitrogen and oxygen atoms in total. The van der Waals surface area contributed by atoms with Gasteiger partial charge < -0.3 is 58.9 Å². The fraction of sp³-hybridized carbons (Fsp3) is 0.500. The lowest BCUT2D eigenvalue weighted by Crippen LogP contribution is -2.53. The number of amides is 3. The van der Waals surface area contributed by atoms with Crippen LogP contribution in [-0.2, 0) is 14.4 Å². The molecule has 360 valence electrons. The average Bonchev–Trinajstić information content (AvgIpc) is 1.13. The van der Waals surface area contributed by atoms with Crippen molar-refractivity contribution >= 4 is 68.3 Å². The smallest absolute Gasteiger partial charge is 0.302 e. The fourth-order valence-electron chi connectivity index (χ4n) is 5.98. The van der Waals surface area contributed by atoms with E-state index in [1.165, 1.54) is 30.7 Å². The summed E-state index contributed by atoms with van der Waals surface area (Å²) in [5, 5.41) is -0.396. The molecular formula is C48H60N18O3. The van der Waals surface area contributed by atoms with Crippen LogP contribution in [0.5, 0.6) is 0 Å². The molecule has 0 aliphatic carbocycles. The lowest BCUT2D eigenvalue weighted by Gasteiger charge is -2.41. The van der Waals surface area contributed by atoms with E-state index in [0.717, 1.165) is 19.9 Å². The van der Waals surface area contributed by atoms with E-state index in [0.29, 0.717) is 0 Å². The normalized spacial score (nSPS) is 41.3. The lowest BCUT2D eigenvalue weighted by atomic mass is 9.92. The summed E-state index contributed by atoms with van der Waals surface area (Å²) >= 11 is 0. The van der Waals surface area contributed by atoms with Gasteiger partial charge in [0.1, 0.15) is 65.6 Å². The maximum Gasteiger partial charge on any atom is 0.302 e. The van der Waals surface area contributed by atoms with Crippen molar-refractivity contribution in [3.05, 3.63) is 90.0 Å². The number of aromatic amines is 3. The van der Waals surface area contributed by atoms with Crippen molar-refractivity contribution in [3.63, 3.8) is 0 Å². The van der Waals surface area contributed by atoms with Crippen molar-refractivity contribution in [3.8, 4) is 0 Å². The van der Waals surface area contributed by atoms with Gasteiger partial charge in [-0.3, -0.25) is 14.4 Å². The number of hydrogen-bond acceptors (Lipinski definition) is 12. The van der Waals surface area contributed by atoms with Crippen LogP contribution in [-0.4, -0.2) is 175 Å². The minimum absolute atomic E-state index is 0.0436. The van der Waals surface area contributed by atoms with Crippen LogP contribution in [0.3, 0.4) is 0 Å². The van der Waals surface area contributed by atoms with Crippen LogP contribution in [0.1, 0.15) is 97.4 Å². The molecule has 21 heteroatoms. The van der Waals surface area contributed by atoms with Crippen LogP contribution in [0.25, 0.3) is 47.6 Å². The zero-order valence-electron chi connectivity index (χ0n) is 77.1. The number of fused-ring (bicyclic) bond motifs is 3. The van der Waals surface area contributed by atoms with Gasteiger partial charge in [-0.1, -0.05) is 20.7 Å². The lowest BCUT2D eigenvalue weighted by molar-refractivity contribution is -0.131. The molecule has 0 unspecified atom stereocenters. The van der Waals surface area contributed by atoms with Crippen LogP contribution < -0.4 is 14.7 Å². The zero-order chi connectivity index (χ0) is 86.1. The summed E-state index contributed by atoms with van der Waals surface area (Å²) in [4.78, 5) is 75.0. The topological polar surface area (TPSA) is 208 Å². The highest BCUT2D eigenvalue weighted by Crippen LogP contribution is 2.31. The molecule has 0 radical (unpaired) electrons. The Labute approximate surface area is 460 Å². The van der Waals surface area contributed by atoms with Gasteiger partial charge in [0.25, 0.3) is 19.5 Å². The predicted molar refractivity (Wildman–Crippen MR) is 264 cm³/mol. The number of carbonyl (C=O) groups is 3. The SMILES string of the molecule is [2H]c1nc(N(C([2H])([2H])[2H])[C@]2([2H])[C@H](C)C([2H])([2H])C([2H])([2H])N(C(=O)C([2H])([2H])[N+]#[C-])C2([2H])[2H])c2cc[nH]c2n1.[2H]c1nc(N([C@H]2C([2H])([2H])N(C(=O)C([2H])([2H])[N+]#[C-])C([2H])([2H])C([2H])([2H])[C@@]2([2H])C([2H])([2H])[2H])C([2H])([2H])[2H])c2cc[nH]c2n1.[2H]c1nc(N([C@H]2C([2H])([2H])N(C(=O)C([2H])([2H])[N+]#[C-])C([2H])([2H])C([2H])([2H])[C@@]2([2H])C)C([2H])([2H])[2H])c2cc[nH]c2n1. The highest BCUT2D eigenvalue weighted by molar-refractivity contribution is 5.89. The third kappa shape index (κ3) is 11.0. The molecule has 3 aliphatic rings. The second kappa shape index (κ2) is 22.3. The number of piperidine rings is 3. The van der Waals surface area contributed by atoms with Gasteiger partial charge in [-0.2, -0.15) is 0 Å². The third-order valence-electron chi connectivity index (χ3n) is 9.22. The summed E-state index contributed by atoms with van der Waals surface area (Å²) in [6, 6.07) is -5.42. The van der Waals surface area contributed by atoms with E-state index in [2.05, 4.69) is 59.4 Å². The van der Waals surface area contributed by atoms with Gasteiger partial charge in [0.2, 0.25) is 0 Å². The monoisotopic (exact) mass is 979 g/mol. The Morgan fingerprint density at radius 3 is 1.46 bits per heavy atom. The number of anilines is 3. The maximum absolute atomic E-state index is 13.1. The van der Waals surface area contributed by atoms with Crippen molar-refractivity contribution in [1.29, 1.82) is 0 Å². The van der Waals surface area contributed by atoms with Gasteiger partial charge >= 0.3 is 17.7 Å². The summed E-state index contributed by atoms with van der Waals surface area (Å²) in [6.45, 7) is -25.8. The standard InChI is InChI=1S/3C16H20N6O/c3*1-11-5-7-22(14(23)8-17-2)9-13(11)21(3)16-12-4-6-18-15(12)19-10-20-16/h3*4,6,10-11,13H,5,7-9H2,1,3H3,(H,18,19,20)/t3*11-,13+/m111/s1/i1D3,3D3,5D2,7D2,8D2,9D2,10D,11D;3D3,5D2,7D2,8D2,9D2,10D,13D;3D3,5D2,7D2,8D2,9D2,10D,11D. The summed E-state index contributed by atoms with van der Waals surface area (Å²) in [5.41, 5.74) is -0.295. The number of likely N-dealkylation sites (N-methyl/N-ethyl adjacent to an activating group) is 3. The number of carbonyl (C=O) groups excluding carboxylic acids is 3. The molecule has 3 aliphatic heterocycles. The summed E-state index contributed by atoms with van der Waals surface area (Å²) in [7, 11) is 0. The van der Waals surface area contributed by atoms with Gasteiger partial charge in [-0.05, 0) is 55.0 Å². The molecule has 6 aromatic rings. The van der Waals surface area contributed by atoms with E-state index in [1.54, 1.807) is 0 Å². The minimum Gasteiger partial charge on any atom is -0.354 e. The summed E-state index contributed by atoms with van der Waals surface area (Å²) in [6.07, 6.45) is -9.51. The Morgan fingerprint density at radius 1 is 0.652 bits per heavy atom. The first-order chi connectivity index (χ1) is 49.5. The first kappa shape index (κ1) is 18.6. The molecule has 0 aromatic carbocycles. The van der Waals surface area contributed by atoms with E-state index in [4.69, 9.17) is 77.3 Å². The third-order valence-corrected chi connectivity index (χ3v) is 9.22. The summed E-state index contributed by atoms with van der Waals surface area (Å²) < 4.78 is 346. The number of nitrogens with one attached hydrogen (secondary N) is 3. The van der Waals surface area contributed by atoms with Gasteiger partial charge in [-0.15, -0.1) is 0 Å². The largest absolute Gasteiger partial charge is 0.354 e. The molecular weight excluding hydrogens is 877 g/mol. The number of H-pyrrole nitrogens is 3. The van der Waals surface area contributed by atoms with Gasteiger partial charge in [-0.25, -0.2) is 49.6 Å². The quantitative estimate of drug-likeness (QED) is 0.169. The van der Waals surface area contributed by atoms with Crippen LogP contribution in [0.15, 0.2) is 55.7 Å². The summed E-state index contributed by atoms with van der Waals surface area (Å²) in [5.74, 6) is -17.9. The molecule has 6 atom stereocenters. The first-order valence-corrected chi connectivity index (χ1v) is 19.0. The predicted octanol–water partition coefficient (Wildman–Crippen LogP) is 4.65. The maximum atomic E-state index is 13.1. The van der Waals surface area contributed by atoms with Crippen LogP contribution in [0, 0.1) is 37.4 Å². The van der Waals surface area contributed by atoms with E-state index in [1.807, 2.05) is 0 Å². The van der Waals surface area contributed by atoms with Crippen LogP contribution in [0.4, 0.5) is 17.5 Å². The minimum atomic E-state index is -4.15. The van der Waals surface area contributed by atoms with E-state index >= 15 is 0 Å². The highest BCUT2D eigenvalue weighted by atomic mass is 16.2. The molecule has 6 aromatic heterocycles. The average molecular weight is 979 g/mol. The number of hydrogen-bond donors (Lipinski definition) is 3. The molecule has 0 spiro atoms. The number of aromatic nitrogens is 9. The highest BCUT2D eigenvalue weighted by Gasteiger charge is 2.36. The van der Waals surface area contributed by atoms with Gasteiger partial charge in [0.15, 0.2) is 0 Å². The Balaban J connectivity index is 0.000000231. The molecule has 3 N–H and O–H groups in total. The Hall–Kier alpha value is -7.86. The fourth-order valence-corrected chi connectivity index (χ4v) is 5.98. The molecule has 0 saturated carbocycles. The van der Waals surface area contributed by atoms with Crippen LogP contribution in [0.2, 0.25) is 0 Å². The molecule has 3 fully saturated rings. The molecule has 9 rings (SSSR count). The van der Waals surface area contributed by atoms with Crippen molar-refractivity contribution < 1.29 is 72.0 Å². The second-order valence-corrected chi connectivity index (χ2v) is 13.4. The van der Waals surface area contributed by atoms with Crippen molar-refractivity contribution in [2.24, 2.45) is 17.7 Å². The Kier molecular flexibility index (Phi) is 6.00. The number of likely N-dealkylation sites (tertiary alicyclic amines) is 3. The zero-order valence-corrected chi connectivity index (χ0v) is 35.1. The van der Waals surface area contributed by atoms with Gasteiger partial charge in [0, 0.05) is 114 Å². The Morgan fingerprint density at radius 2 is 1.04 bits per heavy atom. The van der Waals surface area contributed by atoms with Crippen molar-refractivity contribution in [1.82, 2.24) is 59.6 Å². The number of nitrogens with zero attached hydrogens (tertiary/aromatic N) is 15. The van der Waals surface area contributed by atoms with E-state index < -0.39 is 210 Å². The Bertz CT molecular complexity index is 4770.